The number of hydrogen-bond acceptors (Lipinski definition) is 5. The van der Waals surface area contributed by atoms with Crippen LogP contribution in [-0.2, 0) is 16.1 Å². The average molecular weight is 304 g/mol. The van der Waals surface area contributed by atoms with Crippen molar-refractivity contribution in [3.05, 3.63) is 21.3 Å². The highest BCUT2D eigenvalue weighted by Gasteiger charge is 2.30. The SMILES string of the molecule is COC(=O)C(O)C1CCN(Cc2cc(Cl)cs2)CC1. The molecule has 2 rings (SSSR count). The zero-order valence-electron chi connectivity index (χ0n) is 10.8. The molecule has 1 aromatic heterocycles. The van der Waals surface area contributed by atoms with Crippen molar-refractivity contribution in [2.24, 2.45) is 5.92 Å². The van der Waals surface area contributed by atoms with Gasteiger partial charge in [-0.05, 0) is 37.9 Å². The summed E-state index contributed by atoms with van der Waals surface area (Å²) in [4.78, 5) is 14.9. The molecule has 2 heterocycles. The van der Waals surface area contributed by atoms with Crippen LogP contribution in [0.1, 0.15) is 17.7 Å². The van der Waals surface area contributed by atoms with Crippen LogP contribution in [0.15, 0.2) is 11.4 Å². The third kappa shape index (κ3) is 3.92. The Morgan fingerprint density at radius 2 is 2.32 bits per heavy atom. The van der Waals surface area contributed by atoms with E-state index in [4.69, 9.17) is 11.6 Å². The topological polar surface area (TPSA) is 49.8 Å². The summed E-state index contributed by atoms with van der Waals surface area (Å²) in [5.74, 6) is -0.515. The lowest BCUT2D eigenvalue weighted by Gasteiger charge is -2.33. The number of esters is 1. The Morgan fingerprint density at radius 3 is 2.84 bits per heavy atom. The van der Waals surface area contributed by atoms with Crippen LogP contribution in [0.25, 0.3) is 0 Å². The van der Waals surface area contributed by atoms with E-state index in [1.165, 1.54) is 12.0 Å². The molecular weight excluding hydrogens is 286 g/mol. The molecule has 1 fully saturated rings. The third-order valence-electron chi connectivity index (χ3n) is 3.52. The highest BCUT2D eigenvalue weighted by Crippen LogP contribution is 2.25. The maximum Gasteiger partial charge on any atom is 0.334 e. The van der Waals surface area contributed by atoms with Crippen molar-refractivity contribution < 1.29 is 14.6 Å². The number of rotatable bonds is 4. The summed E-state index contributed by atoms with van der Waals surface area (Å²) >= 11 is 7.56. The van der Waals surface area contributed by atoms with Crippen molar-refractivity contribution in [3.63, 3.8) is 0 Å². The van der Waals surface area contributed by atoms with E-state index in [0.717, 1.165) is 37.5 Å². The van der Waals surface area contributed by atoms with Crippen LogP contribution in [0, 0.1) is 5.92 Å². The maximum absolute atomic E-state index is 11.3. The molecule has 1 saturated heterocycles. The first-order chi connectivity index (χ1) is 9.10. The molecule has 1 aliphatic rings. The average Bonchev–Trinajstić information content (AvgIpc) is 2.83. The fourth-order valence-corrected chi connectivity index (χ4v) is 3.51. The Bertz CT molecular complexity index is 429. The lowest BCUT2D eigenvalue weighted by molar-refractivity contribution is -0.154. The molecule has 0 aromatic carbocycles. The van der Waals surface area contributed by atoms with Gasteiger partial charge in [0.25, 0.3) is 0 Å². The summed E-state index contributed by atoms with van der Waals surface area (Å²) in [7, 11) is 1.31. The normalized spacial score (nSPS) is 19.3. The van der Waals surface area contributed by atoms with Crippen LogP contribution in [0.2, 0.25) is 5.02 Å². The molecule has 0 spiro atoms. The highest BCUT2D eigenvalue weighted by atomic mass is 35.5. The molecule has 1 aliphatic heterocycles. The first-order valence-corrected chi connectivity index (χ1v) is 7.57. The van der Waals surface area contributed by atoms with E-state index in [1.54, 1.807) is 11.3 Å². The monoisotopic (exact) mass is 303 g/mol. The molecule has 0 saturated carbocycles. The number of thiophene rings is 1. The zero-order valence-corrected chi connectivity index (χ0v) is 12.4. The lowest BCUT2D eigenvalue weighted by Crippen LogP contribution is -2.40. The van der Waals surface area contributed by atoms with Gasteiger partial charge in [0.05, 0.1) is 12.1 Å². The molecule has 4 nitrogen and oxygen atoms in total. The number of methoxy groups -OCH3 is 1. The quantitative estimate of drug-likeness (QED) is 0.866. The van der Waals surface area contributed by atoms with Crippen molar-refractivity contribution in [1.29, 1.82) is 0 Å². The second kappa shape index (κ2) is 6.70. The number of nitrogens with zero attached hydrogens (tertiary/aromatic N) is 1. The van der Waals surface area contributed by atoms with E-state index in [9.17, 15) is 9.90 Å². The van der Waals surface area contributed by atoms with Gasteiger partial charge in [-0.3, -0.25) is 4.90 Å². The van der Waals surface area contributed by atoms with Crippen molar-refractivity contribution in [2.45, 2.75) is 25.5 Å². The molecular formula is C13H18ClNO3S. The van der Waals surface area contributed by atoms with Gasteiger partial charge in [-0.25, -0.2) is 4.79 Å². The number of carbonyl (C=O) groups is 1. The predicted molar refractivity (Wildman–Crippen MR) is 75.4 cm³/mol. The molecule has 106 valence electrons. The molecule has 0 amide bonds. The molecule has 1 unspecified atom stereocenters. The van der Waals surface area contributed by atoms with Gasteiger partial charge >= 0.3 is 5.97 Å². The Kier molecular flexibility index (Phi) is 5.21. The van der Waals surface area contributed by atoms with E-state index < -0.39 is 12.1 Å². The Hall–Kier alpha value is -0.620. The fraction of sp³-hybridized carbons (Fsp3) is 0.615. The van der Waals surface area contributed by atoms with E-state index >= 15 is 0 Å². The summed E-state index contributed by atoms with van der Waals surface area (Å²) in [6, 6.07) is 1.99. The molecule has 19 heavy (non-hydrogen) atoms. The van der Waals surface area contributed by atoms with Gasteiger partial charge in [-0.1, -0.05) is 11.6 Å². The van der Waals surface area contributed by atoms with Crippen molar-refractivity contribution in [3.8, 4) is 0 Å². The Morgan fingerprint density at radius 1 is 1.63 bits per heavy atom. The van der Waals surface area contributed by atoms with Crippen LogP contribution >= 0.6 is 22.9 Å². The summed E-state index contributed by atoms with van der Waals surface area (Å²) in [6.45, 7) is 2.65. The number of ether oxygens (including phenoxy) is 1. The first-order valence-electron chi connectivity index (χ1n) is 6.31. The second-order valence-corrected chi connectivity index (χ2v) is 6.25. The number of aliphatic hydroxyl groups is 1. The standard InChI is InChI=1S/C13H18ClNO3S/c1-18-13(17)12(16)9-2-4-15(5-3-9)7-11-6-10(14)8-19-11/h6,8-9,12,16H,2-5,7H2,1H3. The van der Waals surface area contributed by atoms with E-state index in [2.05, 4.69) is 9.64 Å². The number of likely N-dealkylation sites (tertiary alicyclic amines) is 1. The molecule has 6 heteroatoms. The second-order valence-electron chi connectivity index (χ2n) is 4.81. The fourth-order valence-electron chi connectivity index (χ4n) is 2.40. The van der Waals surface area contributed by atoms with E-state index in [-0.39, 0.29) is 5.92 Å². The maximum atomic E-state index is 11.3. The molecule has 1 atom stereocenters. The van der Waals surface area contributed by atoms with Crippen molar-refractivity contribution >= 4 is 28.9 Å². The zero-order chi connectivity index (χ0) is 13.8. The molecule has 0 bridgehead atoms. The predicted octanol–water partition coefficient (Wildman–Crippen LogP) is 2.15. The minimum absolute atomic E-state index is 0.00984. The largest absolute Gasteiger partial charge is 0.467 e. The Balaban J connectivity index is 1.80. The summed E-state index contributed by atoms with van der Waals surface area (Å²) in [6.07, 6.45) is 0.647. The van der Waals surface area contributed by atoms with E-state index in [1.807, 2.05) is 11.4 Å². The van der Waals surface area contributed by atoms with Gasteiger partial charge in [-0.2, -0.15) is 0 Å². The van der Waals surface area contributed by atoms with Gasteiger partial charge in [-0.15, -0.1) is 11.3 Å². The van der Waals surface area contributed by atoms with Crippen LogP contribution in [0.5, 0.6) is 0 Å². The number of hydrogen-bond donors (Lipinski definition) is 1. The van der Waals surface area contributed by atoms with Crippen molar-refractivity contribution in [2.75, 3.05) is 20.2 Å². The lowest BCUT2D eigenvalue weighted by atomic mass is 9.91. The summed E-state index contributed by atoms with van der Waals surface area (Å²) < 4.78 is 4.57. The van der Waals surface area contributed by atoms with Crippen LogP contribution in [0.3, 0.4) is 0 Å². The minimum Gasteiger partial charge on any atom is -0.467 e. The summed E-state index contributed by atoms with van der Waals surface area (Å²) in [5.41, 5.74) is 0. The third-order valence-corrected chi connectivity index (χ3v) is 4.79. The minimum atomic E-state index is -0.983. The summed E-state index contributed by atoms with van der Waals surface area (Å²) in [5, 5.41) is 12.5. The first kappa shape index (κ1) is 14.8. The van der Waals surface area contributed by atoms with Gasteiger partial charge in [0.15, 0.2) is 6.10 Å². The number of halogens is 1. The smallest absolute Gasteiger partial charge is 0.334 e. The number of aliphatic hydroxyl groups excluding tert-OH is 1. The molecule has 1 N–H and O–H groups in total. The number of piperidine rings is 1. The molecule has 0 aliphatic carbocycles. The van der Waals surface area contributed by atoms with Gasteiger partial charge < -0.3 is 9.84 Å². The van der Waals surface area contributed by atoms with E-state index in [0.29, 0.717) is 0 Å². The van der Waals surface area contributed by atoms with Crippen molar-refractivity contribution in [1.82, 2.24) is 4.90 Å². The number of carbonyl (C=O) groups excluding carboxylic acids is 1. The molecule has 1 aromatic rings. The van der Waals surface area contributed by atoms with Crippen LogP contribution in [-0.4, -0.2) is 42.3 Å². The van der Waals surface area contributed by atoms with Gasteiger partial charge in [0.2, 0.25) is 0 Å². The molecule has 0 radical (unpaired) electrons. The van der Waals surface area contributed by atoms with Crippen LogP contribution < -0.4 is 0 Å². The van der Waals surface area contributed by atoms with Gasteiger partial charge in [0, 0.05) is 16.8 Å². The van der Waals surface area contributed by atoms with Crippen LogP contribution in [0.4, 0.5) is 0 Å². The Labute approximate surface area is 121 Å². The highest BCUT2D eigenvalue weighted by molar-refractivity contribution is 7.10. The van der Waals surface area contributed by atoms with Gasteiger partial charge in [0.1, 0.15) is 0 Å².